The molecule has 0 fully saturated rings. The number of hydrogen-bond acceptors (Lipinski definition) is 3. The zero-order chi connectivity index (χ0) is 14.3. The second-order valence-electron chi connectivity index (χ2n) is 5.11. The fraction of sp³-hybridized carbons (Fsp3) is 0.333. The lowest BCUT2D eigenvalue weighted by molar-refractivity contribution is 0.119. The molecule has 114 valence electrons. The fourth-order valence-corrected chi connectivity index (χ4v) is 2.77. The van der Waals surface area contributed by atoms with Gasteiger partial charge in [-0.3, -0.25) is 4.90 Å². The Morgan fingerprint density at radius 1 is 1.24 bits per heavy atom. The summed E-state index contributed by atoms with van der Waals surface area (Å²) in [4.78, 5) is 2.17. The van der Waals surface area contributed by atoms with Gasteiger partial charge >= 0.3 is 0 Å². The number of nitrogens with zero attached hydrogens (tertiary/aromatic N) is 1. The maximum absolute atomic E-state index is 6.06. The van der Waals surface area contributed by atoms with Crippen molar-refractivity contribution in [2.75, 3.05) is 13.6 Å². The van der Waals surface area contributed by atoms with E-state index in [1.807, 2.05) is 26.1 Å². The molecular formula is C15H16Cl3NO2. The van der Waals surface area contributed by atoms with Gasteiger partial charge in [0.2, 0.25) is 0 Å². The molecule has 1 aromatic heterocycles. The molecule has 0 aliphatic carbocycles. The van der Waals surface area contributed by atoms with Gasteiger partial charge in [0, 0.05) is 18.2 Å². The lowest BCUT2D eigenvalue weighted by Gasteiger charge is -2.29. The predicted molar refractivity (Wildman–Crippen MR) is 86.9 cm³/mol. The van der Waals surface area contributed by atoms with E-state index >= 15 is 0 Å². The van der Waals surface area contributed by atoms with E-state index in [1.54, 1.807) is 12.1 Å². The number of hydrogen-bond donors (Lipinski definition) is 0. The van der Waals surface area contributed by atoms with Crippen LogP contribution >= 0.6 is 35.6 Å². The van der Waals surface area contributed by atoms with Gasteiger partial charge < -0.3 is 9.15 Å². The largest absolute Gasteiger partial charge is 0.484 e. The van der Waals surface area contributed by atoms with Crippen LogP contribution in [0.15, 0.2) is 28.7 Å². The SMILES string of the molecule is Cc1cc2c(o1)CN(C)CC2Oc1ccc(Cl)c(Cl)c1.Cl. The van der Waals surface area contributed by atoms with Crippen molar-refractivity contribution in [3.8, 4) is 5.75 Å². The minimum atomic E-state index is -0.0570. The van der Waals surface area contributed by atoms with E-state index in [2.05, 4.69) is 4.90 Å². The molecule has 3 nitrogen and oxygen atoms in total. The molecule has 0 saturated carbocycles. The van der Waals surface area contributed by atoms with Crippen molar-refractivity contribution in [3.05, 3.63) is 51.4 Å². The lowest BCUT2D eigenvalue weighted by Crippen LogP contribution is -2.32. The lowest BCUT2D eigenvalue weighted by atomic mass is 10.1. The summed E-state index contributed by atoms with van der Waals surface area (Å²) >= 11 is 11.9. The van der Waals surface area contributed by atoms with Gasteiger partial charge in [0.15, 0.2) is 0 Å². The first-order valence-electron chi connectivity index (χ1n) is 6.42. The first kappa shape index (κ1) is 16.5. The molecule has 0 radical (unpaired) electrons. The Labute approximate surface area is 140 Å². The highest BCUT2D eigenvalue weighted by atomic mass is 35.5. The van der Waals surface area contributed by atoms with Crippen molar-refractivity contribution in [2.45, 2.75) is 19.6 Å². The number of rotatable bonds is 2. The quantitative estimate of drug-likeness (QED) is 0.773. The smallest absolute Gasteiger partial charge is 0.140 e. The van der Waals surface area contributed by atoms with Crippen molar-refractivity contribution in [3.63, 3.8) is 0 Å². The molecule has 0 saturated heterocycles. The minimum absolute atomic E-state index is 0. The first-order valence-corrected chi connectivity index (χ1v) is 7.18. The summed E-state index contributed by atoms with van der Waals surface area (Å²) in [6, 6.07) is 7.36. The third kappa shape index (κ3) is 3.49. The average molecular weight is 349 g/mol. The van der Waals surface area contributed by atoms with Crippen molar-refractivity contribution >= 4 is 35.6 Å². The number of likely N-dealkylation sites (N-methyl/N-ethyl adjacent to an activating group) is 1. The molecule has 1 atom stereocenters. The average Bonchev–Trinajstić information content (AvgIpc) is 2.74. The number of furan rings is 1. The zero-order valence-corrected chi connectivity index (χ0v) is 14.1. The Hall–Kier alpha value is -0.870. The van der Waals surface area contributed by atoms with Crippen LogP contribution in [0.2, 0.25) is 10.0 Å². The molecule has 1 aliphatic heterocycles. The topological polar surface area (TPSA) is 25.6 Å². The Balaban J connectivity index is 0.00000161. The molecule has 0 spiro atoms. The summed E-state index contributed by atoms with van der Waals surface area (Å²) in [5, 5.41) is 1.02. The van der Waals surface area contributed by atoms with Crippen LogP contribution in [0.5, 0.6) is 5.75 Å². The number of benzene rings is 1. The van der Waals surface area contributed by atoms with Gasteiger partial charge in [-0.1, -0.05) is 23.2 Å². The van der Waals surface area contributed by atoms with Crippen LogP contribution in [-0.2, 0) is 6.54 Å². The van der Waals surface area contributed by atoms with E-state index in [-0.39, 0.29) is 18.5 Å². The van der Waals surface area contributed by atoms with Gasteiger partial charge in [0.1, 0.15) is 23.4 Å². The molecule has 0 amide bonds. The van der Waals surface area contributed by atoms with Gasteiger partial charge in [-0.05, 0) is 32.2 Å². The van der Waals surface area contributed by atoms with Crippen LogP contribution in [-0.4, -0.2) is 18.5 Å². The molecule has 3 rings (SSSR count). The standard InChI is InChI=1S/C15H15Cl2NO2.ClH/c1-9-5-11-14(19-9)7-18(2)8-15(11)20-10-3-4-12(16)13(17)6-10;/h3-6,15H,7-8H2,1-2H3;1H. The number of halogens is 3. The normalized spacial score (nSPS) is 18.0. The molecule has 21 heavy (non-hydrogen) atoms. The Morgan fingerprint density at radius 3 is 2.71 bits per heavy atom. The van der Waals surface area contributed by atoms with Gasteiger partial charge in [0.25, 0.3) is 0 Å². The third-order valence-electron chi connectivity index (χ3n) is 3.37. The van der Waals surface area contributed by atoms with Crippen LogP contribution < -0.4 is 4.74 Å². The van der Waals surface area contributed by atoms with Gasteiger partial charge in [-0.15, -0.1) is 12.4 Å². The molecule has 6 heteroatoms. The van der Waals surface area contributed by atoms with E-state index in [4.69, 9.17) is 32.4 Å². The maximum Gasteiger partial charge on any atom is 0.140 e. The summed E-state index contributed by atoms with van der Waals surface area (Å²) in [7, 11) is 2.05. The highest BCUT2D eigenvalue weighted by molar-refractivity contribution is 6.42. The van der Waals surface area contributed by atoms with Crippen LogP contribution in [0.3, 0.4) is 0 Å². The van der Waals surface area contributed by atoms with Crippen LogP contribution in [0.4, 0.5) is 0 Å². The van der Waals surface area contributed by atoms with Gasteiger partial charge in [-0.2, -0.15) is 0 Å². The molecule has 1 aliphatic rings. The number of ether oxygens (including phenoxy) is 1. The Morgan fingerprint density at radius 2 is 2.00 bits per heavy atom. The van der Waals surface area contributed by atoms with E-state index in [0.717, 1.165) is 30.2 Å². The van der Waals surface area contributed by atoms with Crippen molar-refractivity contribution in [1.29, 1.82) is 0 Å². The Bertz CT molecular complexity index is 642. The summed E-state index contributed by atoms with van der Waals surface area (Å²) in [5.74, 6) is 2.60. The monoisotopic (exact) mass is 347 g/mol. The predicted octanol–water partition coefficient (Wildman–Crippen LogP) is 4.88. The summed E-state index contributed by atoms with van der Waals surface area (Å²) in [6.07, 6.45) is -0.0570. The first-order chi connectivity index (χ1) is 9.52. The molecule has 2 heterocycles. The van der Waals surface area contributed by atoms with Crippen molar-refractivity contribution in [1.82, 2.24) is 4.90 Å². The highest BCUT2D eigenvalue weighted by Gasteiger charge is 2.28. The fourth-order valence-electron chi connectivity index (χ4n) is 2.48. The van der Waals surface area contributed by atoms with Crippen molar-refractivity contribution < 1.29 is 9.15 Å². The molecule has 0 bridgehead atoms. The second-order valence-corrected chi connectivity index (χ2v) is 5.93. The maximum atomic E-state index is 6.06. The van der Waals surface area contributed by atoms with E-state index in [1.165, 1.54) is 0 Å². The van der Waals surface area contributed by atoms with Gasteiger partial charge in [-0.25, -0.2) is 0 Å². The minimum Gasteiger partial charge on any atom is -0.484 e. The van der Waals surface area contributed by atoms with E-state index in [9.17, 15) is 0 Å². The molecule has 1 aromatic carbocycles. The highest BCUT2D eigenvalue weighted by Crippen LogP contribution is 2.34. The summed E-state index contributed by atoms with van der Waals surface area (Å²) < 4.78 is 11.8. The summed E-state index contributed by atoms with van der Waals surface area (Å²) in [5.41, 5.74) is 1.12. The molecule has 2 aromatic rings. The van der Waals surface area contributed by atoms with E-state index < -0.39 is 0 Å². The summed E-state index contributed by atoms with van der Waals surface area (Å²) in [6.45, 7) is 3.57. The zero-order valence-electron chi connectivity index (χ0n) is 11.7. The van der Waals surface area contributed by atoms with Crippen LogP contribution in [0.1, 0.15) is 23.2 Å². The number of aryl methyl sites for hydroxylation is 1. The van der Waals surface area contributed by atoms with Crippen molar-refractivity contribution in [2.24, 2.45) is 0 Å². The van der Waals surface area contributed by atoms with Crippen LogP contribution in [0, 0.1) is 6.92 Å². The molecular weight excluding hydrogens is 333 g/mol. The number of fused-ring (bicyclic) bond motifs is 1. The molecule has 0 N–H and O–H groups in total. The van der Waals surface area contributed by atoms with E-state index in [0.29, 0.717) is 15.8 Å². The third-order valence-corrected chi connectivity index (χ3v) is 4.11. The Kier molecular flexibility index (Phi) is 5.10. The molecule has 1 unspecified atom stereocenters. The van der Waals surface area contributed by atoms with Gasteiger partial charge in [0.05, 0.1) is 16.6 Å². The van der Waals surface area contributed by atoms with Crippen LogP contribution in [0.25, 0.3) is 0 Å². The second kappa shape index (κ2) is 6.49.